The lowest BCUT2D eigenvalue weighted by Crippen LogP contribution is -2.33. The van der Waals surface area contributed by atoms with Crippen LogP contribution in [0.5, 0.6) is 0 Å². The summed E-state index contributed by atoms with van der Waals surface area (Å²) in [6.07, 6.45) is 4.35. The van der Waals surface area contributed by atoms with Crippen LogP contribution in [0.3, 0.4) is 0 Å². The third-order valence-electron chi connectivity index (χ3n) is 3.42. The van der Waals surface area contributed by atoms with E-state index in [1.165, 1.54) is 17.8 Å². The number of amides is 1. The fourth-order valence-corrected chi connectivity index (χ4v) is 2.80. The Morgan fingerprint density at radius 3 is 2.95 bits per heavy atom. The number of nitrogen functional groups attached to an aromatic ring is 1. The van der Waals surface area contributed by atoms with Gasteiger partial charge in [0.15, 0.2) is 5.13 Å². The minimum Gasteiger partial charge on any atom is -0.385 e. The predicted octanol–water partition coefficient (Wildman–Crippen LogP) is 1.84. The van der Waals surface area contributed by atoms with Gasteiger partial charge >= 0.3 is 0 Å². The van der Waals surface area contributed by atoms with E-state index in [9.17, 15) is 4.79 Å². The van der Waals surface area contributed by atoms with Crippen molar-refractivity contribution in [3.05, 3.63) is 4.88 Å². The van der Waals surface area contributed by atoms with Crippen molar-refractivity contribution in [2.24, 2.45) is 0 Å². The van der Waals surface area contributed by atoms with Crippen molar-refractivity contribution in [1.82, 2.24) is 10.3 Å². The Kier molecular flexibility index (Phi) is 5.19. The van der Waals surface area contributed by atoms with Crippen LogP contribution in [0.2, 0.25) is 0 Å². The molecule has 1 amide bonds. The largest absolute Gasteiger partial charge is 0.385 e. The summed E-state index contributed by atoms with van der Waals surface area (Å²) in [4.78, 5) is 16.8. The molecule has 0 spiro atoms. The maximum atomic E-state index is 12.1. The summed E-state index contributed by atoms with van der Waals surface area (Å²) in [6.45, 7) is 2.57. The molecule has 1 aromatic heterocycles. The standard InChI is InChI=1S/C13H22N4O2S/c1-8(6-7-19-2)15-12(18)10-11(14)17-13(20-10)16-9-4-3-5-9/h8-9H,3-7,14H2,1-2H3,(H,15,18)(H,16,17). The summed E-state index contributed by atoms with van der Waals surface area (Å²) >= 11 is 1.32. The molecule has 0 bridgehead atoms. The molecule has 0 saturated heterocycles. The zero-order chi connectivity index (χ0) is 14.5. The Labute approximate surface area is 123 Å². The minimum atomic E-state index is -0.162. The van der Waals surface area contributed by atoms with E-state index in [0.717, 1.165) is 24.4 Å². The van der Waals surface area contributed by atoms with Crippen molar-refractivity contribution in [1.29, 1.82) is 0 Å². The Bertz CT molecular complexity index is 459. The van der Waals surface area contributed by atoms with Crippen LogP contribution in [0.15, 0.2) is 0 Å². The van der Waals surface area contributed by atoms with Gasteiger partial charge in [-0.2, -0.15) is 0 Å². The van der Waals surface area contributed by atoms with E-state index in [1.54, 1.807) is 7.11 Å². The van der Waals surface area contributed by atoms with Crippen LogP contribution in [-0.4, -0.2) is 36.7 Å². The van der Waals surface area contributed by atoms with Crippen molar-refractivity contribution < 1.29 is 9.53 Å². The van der Waals surface area contributed by atoms with Crippen LogP contribution in [0.1, 0.15) is 42.3 Å². The van der Waals surface area contributed by atoms with E-state index < -0.39 is 0 Å². The average Bonchev–Trinajstić information content (AvgIpc) is 2.72. The molecule has 2 rings (SSSR count). The van der Waals surface area contributed by atoms with Crippen LogP contribution in [0.4, 0.5) is 10.9 Å². The summed E-state index contributed by atoms with van der Waals surface area (Å²) in [5, 5.41) is 6.96. The maximum Gasteiger partial charge on any atom is 0.265 e. The summed E-state index contributed by atoms with van der Waals surface area (Å²) in [5.74, 6) is 0.138. The SMILES string of the molecule is COCCC(C)NC(=O)c1sc(NC2CCC2)nc1N. The molecule has 1 aromatic rings. The Balaban J connectivity index is 1.91. The van der Waals surface area contributed by atoms with Gasteiger partial charge in [0.2, 0.25) is 0 Å². The lowest BCUT2D eigenvalue weighted by atomic mass is 9.93. The highest BCUT2D eigenvalue weighted by atomic mass is 32.1. The summed E-state index contributed by atoms with van der Waals surface area (Å²) in [6, 6.07) is 0.532. The molecule has 1 aliphatic rings. The van der Waals surface area contributed by atoms with E-state index >= 15 is 0 Å². The topological polar surface area (TPSA) is 89.3 Å². The summed E-state index contributed by atoms with van der Waals surface area (Å²) in [5.41, 5.74) is 5.83. The highest BCUT2D eigenvalue weighted by Gasteiger charge is 2.22. The lowest BCUT2D eigenvalue weighted by Gasteiger charge is -2.25. The minimum absolute atomic E-state index is 0.0481. The number of hydrogen-bond acceptors (Lipinski definition) is 6. The number of nitrogens with two attached hydrogens (primary N) is 1. The Morgan fingerprint density at radius 2 is 2.35 bits per heavy atom. The quantitative estimate of drug-likeness (QED) is 0.715. The molecule has 7 heteroatoms. The lowest BCUT2D eigenvalue weighted by molar-refractivity contribution is 0.0934. The van der Waals surface area contributed by atoms with Gasteiger partial charge < -0.3 is 21.1 Å². The number of nitrogens with one attached hydrogen (secondary N) is 2. The second kappa shape index (κ2) is 6.90. The van der Waals surface area contributed by atoms with Crippen LogP contribution in [0, 0.1) is 0 Å². The number of aromatic nitrogens is 1. The Morgan fingerprint density at radius 1 is 1.60 bits per heavy atom. The number of methoxy groups -OCH3 is 1. The fraction of sp³-hybridized carbons (Fsp3) is 0.692. The van der Waals surface area contributed by atoms with Crippen molar-refractivity contribution in [3.8, 4) is 0 Å². The van der Waals surface area contributed by atoms with E-state index in [2.05, 4.69) is 15.6 Å². The monoisotopic (exact) mass is 298 g/mol. The number of anilines is 2. The first-order valence-electron chi connectivity index (χ1n) is 6.92. The predicted molar refractivity (Wildman–Crippen MR) is 81.2 cm³/mol. The third kappa shape index (κ3) is 3.83. The first-order chi connectivity index (χ1) is 9.60. The third-order valence-corrected chi connectivity index (χ3v) is 4.43. The number of nitrogens with zero attached hydrogens (tertiary/aromatic N) is 1. The van der Waals surface area contributed by atoms with E-state index in [4.69, 9.17) is 10.5 Å². The summed E-state index contributed by atoms with van der Waals surface area (Å²) < 4.78 is 4.99. The molecule has 0 radical (unpaired) electrons. The number of rotatable bonds is 7. The molecule has 1 fully saturated rings. The normalized spacial score (nSPS) is 16.5. The van der Waals surface area contributed by atoms with Gasteiger partial charge in [-0.15, -0.1) is 0 Å². The highest BCUT2D eigenvalue weighted by molar-refractivity contribution is 7.18. The molecule has 1 aliphatic carbocycles. The molecule has 1 heterocycles. The molecule has 1 atom stereocenters. The van der Waals surface area contributed by atoms with Gasteiger partial charge in [0.05, 0.1) is 0 Å². The summed E-state index contributed by atoms with van der Waals surface area (Å²) in [7, 11) is 1.65. The second-order valence-corrected chi connectivity index (χ2v) is 6.16. The van der Waals surface area contributed by atoms with E-state index in [1.807, 2.05) is 6.92 Å². The van der Waals surface area contributed by atoms with Crippen molar-refractivity contribution in [2.75, 3.05) is 24.8 Å². The molecule has 1 unspecified atom stereocenters. The molecule has 112 valence electrons. The van der Waals surface area contributed by atoms with Gasteiger partial charge in [-0.3, -0.25) is 4.79 Å². The first kappa shape index (κ1) is 15.1. The van der Waals surface area contributed by atoms with Gasteiger partial charge in [0, 0.05) is 25.8 Å². The number of hydrogen-bond donors (Lipinski definition) is 3. The number of ether oxygens (including phenoxy) is 1. The first-order valence-corrected chi connectivity index (χ1v) is 7.74. The van der Waals surface area contributed by atoms with Crippen LogP contribution in [-0.2, 0) is 4.74 Å². The molecule has 6 nitrogen and oxygen atoms in total. The maximum absolute atomic E-state index is 12.1. The van der Waals surface area contributed by atoms with Gasteiger partial charge in [-0.1, -0.05) is 11.3 Å². The molecule has 1 saturated carbocycles. The van der Waals surface area contributed by atoms with Gasteiger partial charge in [0.1, 0.15) is 10.7 Å². The van der Waals surface area contributed by atoms with Crippen LogP contribution < -0.4 is 16.4 Å². The van der Waals surface area contributed by atoms with Crippen molar-refractivity contribution >= 4 is 28.2 Å². The van der Waals surface area contributed by atoms with Crippen LogP contribution >= 0.6 is 11.3 Å². The van der Waals surface area contributed by atoms with Gasteiger partial charge in [0.25, 0.3) is 5.91 Å². The van der Waals surface area contributed by atoms with Crippen LogP contribution in [0.25, 0.3) is 0 Å². The smallest absolute Gasteiger partial charge is 0.265 e. The molecule has 0 aromatic carbocycles. The second-order valence-electron chi connectivity index (χ2n) is 5.16. The zero-order valence-electron chi connectivity index (χ0n) is 11.9. The fourth-order valence-electron chi connectivity index (χ4n) is 1.94. The number of carbonyl (C=O) groups is 1. The Hall–Kier alpha value is -1.34. The van der Waals surface area contributed by atoms with Crippen molar-refractivity contribution in [3.63, 3.8) is 0 Å². The molecular formula is C13H22N4O2S. The highest BCUT2D eigenvalue weighted by Crippen LogP contribution is 2.29. The van der Waals surface area contributed by atoms with Gasteiger partial charge in [-0.05, 0) is 32.6 Å². The molecule has 4 N–H and O–H groups in total. The number of carbonyl (C=O) groups excluding carboxylic acids is 1. The number of thiazole rings is 1. The van der Waals surface area contributed by atoms with Crippen molar-refractivity contribution in [2.45, 2.75) is 44.7 Å². The molecular weight excluding hydrogens is 276 g/mol. The molecule has 20 heavy (non-hydrogen) atoms. The van der Waals surface area contributed by atoms with E-state index in [0.29, 0.717) is 23.3 Å². The van der Waals surface area contributed by atoms with Gasteiger partial charge in [-0.25, -0.2) is 4.98 Å². The average molecular weight is 298 g/mol. The molecule has 0 aliphatic heterocycles. The zero-order valence-corrected chi connectivity index (χ0v) is 12.8. The van der Waals surface area contributed by atoms with E-state index in [-0.39, 0.29) is 11.9 Å².